The molecule has 5 saturated carbocycles. The lowest BCUT2D eigenvalue weighted by atomic mass is 9.42. The van der Waals surface area contributed by atoms with Crippen LogP contribution in [-0.4, -0.2) is 12.6 Å². The monoisotopic (exact) mass is 261 g/mol. The molecule has 5 rings (SSSR count). The molecule has 19 heavy (non-hydrogen) atoms. The fourth-order valence-corrected chi connectivity index (χ4v) is 7.04. The Bertz CT molecular complexity index is 343. The molecule has 0 spiro atoms. The summed E-state index contributed by atoms with van der Waals surface area (Å²) in [5, 5.41) is 3.96. The van der Waals surface area contributed by atoms with Gasteiger partial charge in [0.1, 0.15) is 0 Å². The summed E-state index contributed by atoms with van der Waals surface area (Å²) in [4.78, 5) is 0. The first-order chi connectivity index (χ1) is 9.12. The Hall–Kier alpha value is -0.0400. The van der Waals surface area contributed by atoms with Crippen molar-refractivity contribution in [3.8, 4) is 0 Å². The second kappa shape index (κ2) is 4.23. The summed E-state index contributed by atoms with van der Waals surface area (Å²) in [6, 6.07) is 0.858. The molecule has 0 aliphatic heterocycles. The lowest BCUT2D eigenvalue weighted by Crippen LogP contribution is -2.61. The maximum atomic E-state index is 3.96. The zero-order valence-corrected chi connectivity index (χ0v) is 12.9. The summed E-state index contributed by atoms with van der Waals surface area (Å²) in [5.74, 6) is 3.17. The molecule has 0 heterocycles. The largest absolute Gasteiger partial charge is 0.313 e. The first-order valence-electron chi connectivity index (χ1n) is 8.86. The lowest BCUT2D eigenvalue weighted by Gasteiger charge is -2.65. The van der Waals surface area contributed by atoms with Gasteiger partial charge in [0.15, 0.2) is 0 Å². The maximum absolute atomic E-state index is 3.96. The van der Waals surface area contributed by atoms with Crippen molar-refractivity contribution in [2.75, 3.05) is 6.54 Å². The second-order valence-electron chi connectivity index (χ2n) is 8.86. The van der Waals surface area contributed by atoms with Crippen LogP contribution in [0.4, 0.5) is 0 Å². The van der Waals surface area contributed by atoms with E-state index in [1.54, 1.807) is 38.5 Å². The van der Waals surface area contributed by atoms with E-state index in [4.69, 9.17) is 0 Å². The average molecular weight is 261 g/mol. The van der Waals surface area contributed by atoms with Crippen molar-refractivity contribution >= 4 is 0 Å². The molecule has 4 bridgehead atoms. The van der Waals surface area contributed by atoms with Crippen LogP contribution in [0.15, 0.2) is 0 Å². The predicted molar refractivity (Wildman–Crippen MR) is 80.0 cm³/mol. The van der Waals surface area contributed by atoms with Gasteiger partial charge in [-0.2, -0.15) is 0 Å². The molecule has 0 radical (unpaired) electrons. The van der Waals surface area contributed by atoms with Crippen LogP contribution in [0.1, 0.15) is 71.6 Å². The quantitative estimate of drug-likeness (QED) is 0.792. The zero-order chi connectivity index (χ0) is 13.1. The number of rotatable bonds is 4. The summed E-state index contributed by atoms with van der Waals surface area (Å²) in [6.07, 6.45) is 13.8. The van der Waals surface area contributed by atoms with Crippen LogP contribution in [0, 0.1) is 28.6 Å². The Balaban J connectivity index is 1.64. The number of nitrogens with one attached hydrogen (secondary N) is 1. The molecular weight excluding hydrogens is 230 g/mol. The Morgan fingerprint density at radius 3 is 2.26 bits per heavy atom. The summed E-state index contributed by atoms with van der Waals surface area (Å²) in [5.41, 5.74) is 1.40. The smallest absolute Gasteiger partial charge is 0.0152 e. The molecule has 1 N–H and O–H groups in total. The van der Waals surface area contributed by atoms with Crippen LogP contribution in [0.25, 0.3) is 0 Å². The molecule has 0 aromatic rings. The Morgan fingerprint density at radius 1 is 1.11 bits per heavy atom. The van der Waals surface area contributed by atoms with Crippen molar-refractivity contribution in [3.63, 3.8) is 0 Å². The summed E-state index contributed by atoms with van der Waals surface area (Å²) < 4.78 is 0. The molecule has 5 aliphatic carbocycles. The van der Waals surface area contributed by atoms with Gasteiger partial charge in [-0.1, -0.05) is 20.3 Å². The fraction of sp³-hybridized carbons (Fsp3) is 1.00. The van der Waals surface area contributed by atoms with Gasteiger partial charge in [-0.05, 0) is 86.5 Å². The highest BCUT2D eigenvalue weighted by molar-refractivity contribution is 5.11. The minimum absolute atomic E-state index is 0.694. The van der Waals surface area contributed by atoms with Gasteiger partial charge in [-0.3, -0.25) is 0 Å². The molecular formula is C18H31N. The van der Waals surface area contributed by atoms with E-state index in [1.165, 1.54) is 25.8 Å². The molecule has 5 aliphatic rings. The van der Waals surface area contributed by atoms with E-state index in [-0.39, 0.29) is 0 Å². The van der Waals surface area contributed by atoms with E-state index >= 15 is 0 Å². The molecule has 0 aromatic heterocycles. The highest BCUT2D eigenvalue weighted by Crippen LogP contribution is 2.67. The fourth-order valence-electron chi connectivity index (χ4n) is 7.04. The Kier molecular flexibility index (Phi) is 2.82. The van der Waals surface area contributed by atoms with Gasteiger partial charge in [0.2, 0.25) is 0 Å². The van der Waals surface area contributed by atoms with Crippen molar-refractivity contribution in [3.05, 3.63) is 0 Å². The molecule has 3 atom stereocenters. The van der Waals surface area contributed by atoms with E-state index in [0.29, 0.717) is 10.8 Å². The summed E-state index contributed by atoms with van der Waals surface area (Å²) in [6.45, 7) is 6.10. The van der Waals surface area contributed by atoms with E-state index in [9.17, 15) is 0 Å². The van der Waals surface area contributed by atoms with Crippen LogP contribution in [0.2, 0.25) is 0 Å². The number of hydrogen-bond donors (Lipinski definition) is 1. The Labute approximate surface area is 118 Å². The second-order valence-corrected chi connectivity index (χ2v) is 8.86. The van der Waals surface area contributed by atoms with E-state index < -0.39 is 0 Å². The summed E-state index contributed by atoms with van der Waals surface area (Å²) in [7, 11) is 0. The highest BCUT2D eigenvalue weighted by Gasteiger charge is 2.59. The lowest BCUT2D eigenvalue weighted by molar-refractivity contribution is -0.131. The molecule has 0 amide bonds. The third-order valence-electron chi connectivity index (χ3n) is 7.10. The minimum Gasteiger partial charge on any atom is -0.313 e. The van der Waals surface area contributed by atoms with Crippen LogP contribution in [0.5, 0.6) is 0 Å². The van der Waals surface area contributed by atoms with Gasteiger partial charge < -0.3 is 5.32 Å². The normalized spacial score (nSPS) is 50.2. The SMILES string of the molecule is CCNC(C1CCC1)C12CC3CC(CC(C)(C3)C1)C2. The predicted octanol–water partition coefficient (Wildman–Crippen LogP) is 4.37. The van der Waals surface area contributed by atoms with Crippen LogP contribution >= 0.6 is 0 Å². The molecule has 0 aromatic carbocycles. The third-order valence-corrected chi connectivity index (χ3v) is 7.10. The van der Waals surface area contributed by atoms with Crippen molar-refractivity contribution in [2.24, 2.45) is 28.6 Å². The number of hydrogen-bond acceptors (Lipinski definition) is 1. The molecule has 3 unspecified atom stereocenters. The van der Waals surface area contributed by atoms with Crippen LogP contribution in [-0.2, 0) is 0 Å². The van der Waals surface area contributed by atoms with Crippen molar-refractivity contribution in [2.45, 2.75) is 77.7 Å². The average Bonchev–Trinajstić information content (AvgIpc) is 2.22. The van der Waals surface area contributed by atoms with Gasteiger partial charge in [0.05, 0.1) is 0 Å². The molecule has 108 valence electrons. The maximum Gasteiger partial charge on any atom is 0.0152 e. The van der Waals surface area contributed by atoms with E-state index in [2.05, 4.69) is 19.2 Å². The van der Waals surface area contributed by atoms with Crippen molar-refractivity contribution < 1.29 is 0 Å². The molecule has 0 saturated heterocycles. The van der Waals surface area contributed by atoms with Gasteiger partial charge in [-0.25, -0.2) is 0 Å². The standard InChI is InChI=1S/C18H31N/c1-3-19-16(15-5-4-6-15)18-10-13-7-14(11-18)9-17(2,8-13)12-18/h13-16,19H,3-12H2,1-2H3. The van der Waals surface area contributed by atoms with Gasteiger partial charge in [0.25, 0.3) is 0 Å². The first kappa shape index (κ1) is 12.7. The first-order valence-corrected chi connectivity index (χ1v) is 8.86. The van der Waals surface area contributed by atoms with Gasteiger partial charge in [0, 0.05) is 6.04 Å². The third kappa shape index (κ3) is 1.91. The minimum atomic E-state index is 0.694. The Morgan fingerprint density at radius 2 is 1.79 bits per heavy atom. The van der Waals surface area contributed by atoms with Crippen LogP contribution in [0.3, 0.4) is 0 Å². The zero-order valence-electron chi connectivity index (χ0n) is 12.9. The molecule has 1 heteroatoms. The molecule has 1 nitrogen and oxygen atoms in total. The molecule has 5 fully saturated rings. The van der Waals surface area contributed by atoms with Crippen molar-refractivity contribution in [1.82, 2.24) is 5.32 Å². The summed E-state index contributed by atoms with van der Waals surface area (Å²) >= 11 is 0. The van der Waals surface area contributed by atoms with Gasteiger partial charge >= 0.3 is 0 Å². The highest BCUT2D eigenvalue weighted by atomic mass is 14.9. The van der Waals surface area contributed by atoms with E-state index in [1.807, 2.05) is 0 Å². The van der Waals surface area contributed by atoms with Crippen molar-refractivity contribution in [1.29, 1.82) is 0 Å². The van der Waals surface area contributed by atoms with Crippen LogP contribution < -0.4 is 5.32 Å². The topological polar surface area (TPSA) is 12.0 Å². The van der Waals surface area contributed by atoms with Gasteiger partial charge in [-0.15, -0.1) is 0 Å². The van der Waals surface area contributed by atoms with E-state index in [0.717, 1.165) is 23.8 Å².